The van der Waals surface area contributed by atoms with Crippen molar-refractivity contribution in [3.8, 4) is 0 Å². The Balaban J connectivity index is 1.75. The van der Waals surface area contributed by atoms with Crippen LogP contribution in [0.3, 0.4) is 0 Å². The molecule has 2 aliphatic heterocycles. The quantitative estimate of drug-likeness (QED) is 0.833. The lowest BCUT2D eigenvalue weighted by Gasteiger charge is -2.31. The smallest absolute Gasteiger partial charge is 0.335 e. The Labute approximate surface area is 165 Å². The standard InChI is InChI=1S/C20H16ClN3O4/c1-23-15-10-24(14-4-2-3-12(9-14)19(26)27)18(25)16(15)17(22-20(23)28)11-5-7-13(21)8-6-11/h2-9,17H,10H2,1H3,(H,22,28)(H,26,27). The fraction of sp³-hybridized carbons (Fsp3) is 0.150. The van der Waals surface area contributed by atoms with Gasteiger partial charge in [0.2, 0.25) is 0 Å². The third-order valence-corrected chi connectivity index (χ3v) is 5.22. The molecule has 2 aliphatic rings. The van der Waals surface area contributed by atoms with Crippen molar-refractivity contribution in [2.45, 2.75) is 6.04 Å². The van der Waals surface area contributed by atoms with Crippen molar-refractivity contribution in [1.82, 2.24) is 10.2 Å². The zero-order chi connectivity index (χ0) is 20.0. The number of nitrogens with one attached hydrogen (secondary N) is 1. The lowest BCUT2D eigenvalue weighted by atomic mass is 9.96. The Morgan fingerprint density at radius 3 is 2.57 bits per heavy atom. The predicted octanol–water partition coefficient (Wildman–Crippen LogP) is 3.04. The number of amides is 3. The second kappa shape index (κ2) is 6.69. The molecular weight excluding hydrogens is 382 g/mol. The van der Waals surface area contributed by atoms with Gasteiger partial charge in [-0.1, -0.05) is 29.8 Å². The molecule has 28 heavy (non-hydrogen) atoms. The largest absolute Gasteiger partial charge is 0.478 e. The zero-order valence-electron chi connectivity index (χ0n) is 14.8. The van der Waals surface area contributed by atoms with Gasteiger partial charge >= 0.3 is 12.0 Å². The summed E-state index contributed by atoms with van der Waals surface area (Å²) in [6.45, 7) is 0.186. The maximum Gasteiger partial charge on any atom is 0.335 e. The molecule has 1 atom stereocenters. The number of aromatic carboxylic acids is 1. The average Bonchev–Trinajstić information content (AvgIpc) is 3.03. The summed E-state index contributed by atoms with van der Waals surface area (Å²) < 4.78 is 0. The summed E-state index contributed by atoms with van der Waals surface area (Å²) in [5.41, 5.74) is 2.36. The van der Waals surface area contributed by atoms with E-state index in [0.717, 1.165) is 5.56 Å². The van der Waals surface area contributed by atoms with E-state index >= 15 is 0 Å². The van der Waals surface area contributed by atoms with E-state index in [1.165, 1.54) is 21.9 Å². The van der Waals surface area contributed by atoms with Crippen LogP contribution in [0.1, 0.15) is 22.0 Å². The normalized spacial score (nSPS) is 19.0. The van der Waals surface area contributed by atoms with E-state index in [-0.39, 0.29) is 24.0 Å². The topological polar surface area (TPSA) is 90.0 Å². The van der Waals surface area contributed by atoms with Crippen LogP contribution in [0.25, 0.3) is 0 Å². The van der Waals surface area contributed by atoms with Gasteiger partial charge in [0.05, 0.1) is 29.4 Å². The Morgan fingerprint density at radius 2 is 1.89 bits per heavy atom. The van der Waals surface area contributed by atoms with Crippen LogP contribution in [0.4, 0.5) is 10.5 Å². The highest BCUT2D eigenvalue weighted by Gasteiger charge is 2.43. The maximum atomic E-state index is 13.2. The maximum absolute atomic E-state index is 13.2. The van der Waals surface area contributed by atoms with Gasteiger partial charge in [-0.05, 0) is 35.9 Å². The molecule has 7 nitrogen and oxygen atoms in total. The molecule has 2 N–H and O–H groups in total. The van der Waals surface area contributed by atoms with Crippen LogP contribution < -0.4 is 10.2 Å². The first-order chi connectivity index (χ1) is 13.4. The molecule has 3 amide bonds. The average molecular weight is 398 g/mol. The molecule has 0 radical (unpaired) electrons. The third kappa shape index (κ3) is 2.90. The van der Waals surface area contributed by atoms with Gasteiger partial charge in [-0.25, -0.2) is 9.59 Å². The summed E-state index contributed by atoms with van der Waals surface area (Å²) in [6.07, 6.45) is 0. The van der Waals surface area contributed by atoms with Gasteiger partial charge in [0.1, 0.15) is 0 Å². The number of hydrogen-bond acceptors (Lipinski definition) is 3. The zero-order valence-corrected chi connectivity index (χ0v) is 15.6. The van der Waals surface area contributed by atoms with Gasteiger partial charge in [-0.2, -0.15) is 0 Å². The van der Waals surface area contributed by atoms with Crippen LogP contribution in [0, 0.1) is 0 Å². The van der Waals surface area contributed by atoms with E-state index in [9.17, 15) is 19.5 Å². The molecule has 142 valence electrons. The minimum atomic E-state index is -1.07. The predicted molar refractivity (Wildman–Crippen MR) is 103 cm³/mol. The molecule has 2 heterocycles. The molecule has 0 spiro atoms. The number of hydrogen-bond donors (Lipinski definition) is 2. The molecule has 0 saturated heterocycles. The second-order valence-electron chi connectivity index (χ2n) is 6.60. The highest BCUT2D eigenvalue weighted by Crippen LogP contribution is 2.37. The number of likely N-dealkylation sites (N-methyl/N-ethyl adjacent to an activating group) is 1. The van der Waals surface area contributed by atoms with Crippen molar-refractivity contribution in [1.29, 1.82) is 0 Å². The molecule has 0 fully saturated rings. The van der Waals surface area contributed by atoms with Crippen molar-refractivity contribution < 1.29 is 19.5 Å². The van der Waals surface area contributed by atoms with Gasteiger partial charge < -0.3 is 15.3 Å². The lowest BCUT2D eigenvalue weighted by Crippen LogP contribution is -2.45. The summed E-state index contributed by atoms with van der Waals surface area (Å²) in [5, 5.41) is 12.6. The summed E-state index contributed by atoms with van der Waals surface area (Å²) in [7, 11) is 1.60. The number of rotatable bonds is 3. The van der Waals surface area contributed by atoms with Gasteiger partial charge in [0.15, 0.2) is 0 Å². The number of carboxylic acids is 1. The van der Waals surface area contributed by atoms with Crippen molar-refractivity contribution in [2.24, 2.45) is 0 Å². The van der Waals surface area contributed by atoms with E-state index in [1.54, 1.807) is 43.4 Å². The van der Waals surface area contributed by atoms with Crippen molar-refractivity contribution in [3.63, 3.8) is 0 Å². The number of carbonyl (C=O) groups is 3. The molecule has 8 heteroatoms. The Hall–Kier alpha value is -3.32. The Morgan fingerprint density at radius 1 is 1.18 bits per heavy atom. The Kier molecular flexibility index (Phi) is 4.31. The number of benzene rings is 2. The molecular formula is C20H16ClN3O4. The molecule has 4 rings (SSSR count). The summed E-state index contributed by atoms with van der Waals surface area (Å²) in [4.78, 5) is 39.8. The summed E-state index contributed by atoms with van der Waals surface area (Å²) in [6, 6.07) is 12.2. The van der Waals surface area contributed by atoms with Crippen LogP contribution in [0.15, 0.2) is 59.8 Å². The molecule has 0 aliphatic carbocycles. The lowest BCUT2D eigenvalue weighted by molar-refractivity contribution is -0.114. The SMILES string of the molecule is CN1C(=O)NC(c2ccc(Cl)cc2)C2=C1CN(c1cccc(C(=O)O)c1)C2=O. The molecule has 0 aromatic heterocycles. The van der Waals surface area contributed by atoms with Gasteiger partial charge in [-0.15, -0.1) is 0 Å². The van der Waals surface area contributed by atoms with Crippen LogP contribution in [-0.4, -0.2) is 41.5 Å². The molecule has 2 aromatic carbocycles. The number of halogens is 1. The second-order valence-corrected chi connectivity index (χ2v) is 7.04. The number of nitrogens with zero attached hydrogens (tertiary/aromatic N) is 2. The van der Waals surface area contributed by atoms with E-state index in [0.29, 0.717) is 22.0 Å². The van der Waals surface area contributed by atoms with E-state index in [2.05, 4.69) is 5.32 Å². The first kappa shape index (κ1) is 18.1. The summed E-state index contributed by atoms with van der Waals surface area (Å²) >= 11 is 5.96. The Bertz CT molecular complexity index is 1030. The van der Waals surface area contributed by atoms with E-state index in [4.69, 9.17) is 11.6 Å². The number of carboxylic acid groups (broad SMARTS) is 1. The van der Waals surface area contributed by atoms with Crippen molar-refractivity contribution in [2.75, 3.05) is 18.5 Å². The van der Waals surface area contributed by atoms with E-state index < -0.39 is 12.0 Å². The number of carbonyl (C=O) groups excluding carboxylic acids is 2. The van der Waals surface area contributed by atoms with Crippen molar-refractivity contribution in [3.05, 3.63) is 76.0 Å². The third-order valence-electron chi connectivity index (χ3n) is 4.97. The fourth-order valence-corrected chi connectivity index (χ4v) is 3.61. The van der Waals surface area contributed by atoms with Crippen LogP contribution >= 0.6 is 11.6 Å². The van der Waals surface area contributed by atoms with Gasteiger partial charge in [-0.3, -0.25) is 9.69 Å². The van der Waals surface area contributed by atoms with Crippen LogP contribution in [-0.2, 0) is 4.79 Å². The minimum Gasteiger partial charge on any atom is -0.478 e. The highest BCUT2D eigenvalue weighted by molar-refractivity contribution is 6.30. The molecule has 2 aromatic rings. The van der Waals surface area contributed by atoms with Crippen LogP contribution in [0.2, 0.25) is 5.02 Å². The number of urea groups is 1. The summed E-state index contributed by atoms with van der Waals surface area (Å²) in [5.74, 6) is -1.34. The van der Waals surface area contributed by atoms with Crippen molar-refractivity contribution >= 4 is 35.2 Å². The molecule has 1 unspecified atom stereocenters. The van der Waals surface area contributed by atoms with Crippen LogP contribution in [0.5, 0.6) is 0 Å². The van der Waals surface area contributed by atoms with E-state index in [1.807, 2.05) is 0 Å². The van der Waals surface area contributed by atoms with Gasteiger partial charge in [0, 0.05) is 17.8 Å². The molecule has 0 saturated carbocycles. The molecule has 0 bridgehead atoms. The monoisotopic (exact) mass is 397 g/mol. The highest BCUT2D eigenvalue weighted by atomic mass is 35.5. The van der Waals surface area contributed by atoms with Gasteiger partial charge in [0.25, 0.3) is 5.91 Å². The first-order valence-electron chi connectivity index (χ1n) is 8.55. The minimum absolute atomic E-state index is 0.0898. The fourth-order valence-electron chi connectivity index (χ4n) is 3.49. The number of anilines is 1. The first-order valence-corrected chi connectivity index (χ1v) is 8.92.